The molecule has 6 N–H and O–H groups in total. The van der Waals surface area contributed by atoms with Gasteiger partial charge in [0.1, 0.15) is 41.7 Å². The number of ether oxygens (including phenoxy) is 5. The molecule has 0 spiro atoms. The van der Waals surface area contributed by atoms with Gasteiger partial charge in [-0.25, -0.2) is 14.4 Å². The van der Waals surface area contributed by atoms with Gasteiger partial charge in [-0.2, -0.15) is 0 Å². The number of carboxylic acids is 1. The van der Waals surface area contributed by atoms with E-state index in [0.29, 0.717) is 6.42 Å². The van der Waals surface area contributed by atoms with E-state index in [1.165, 1.54) is 32.9 Å². The van der Waals surface area contributed by atoms with Crippen LogP contribution in [0.25, 0.3) is 0 Å². The van der Waals surface area contributed by atoms with Crippen molar-refractivity contribution in [3.63, 3.8) is 0 Å². The zero-order valence-corrected chi connectivity index (χ0v) is 43.6. The van der Waals surface area contributed by atoms with Crippen LogP contribution in [0.1, 0.15) is 133 Å². The molecule has 4 aliphatic carbocycles. The second-order valence-corrected chi connectivity index (χ2v) is 21.0. The van der Waals surface area contributed by atoms with Gasteiger partial charge in [0.15, 0.2) is 11.4 Å². The summed E-state index contributed by atoms with van der Waals surface area (Å²) in [5.74, 6) is -6.33. The summed E-state index contributed by atoms with van der Waals surface area (Å²) in [5.41, 5.74) is -7.85. The van der Waals surface area contributed by atoms with Crippen molar-refractivity contribution in [2.75, 3.05) is 6.61 Å². The van der Waals surface area contributed by atoms with Crippen LogP contribution >= 0.6 is 0 Å². The summed E-state index contributed by atoms with van der Waals surface area (Å²) >= 11 is 0. The van der Waals surface area contributed by atoms with Crippen molar-refractivity contribution in [1.29, 1.82) is 0 Å². The Bertz CT molecular complexity index is 2120. The monoisotopic (exact) mass is 986 g/mol. The average Bonchev–Trinajstić information content (AvgIpc) is 3.27. The molecule has 0 radical (unpaired) electrons. The first-order valence-corrected chi connectivity index (χ1v) is 24.2. The van der Waals surface area contributed by atoms with Crippen LogP contribution < -0.4 is 5.32 Å². The molecule has 70 heavy (non-hydrogen) atoms. The number of esters is 3. The number of allylic oxidation sites excluding steroid dienone is 3. The Labute approximate surface area is 413 Å². The minimum Gasteiger partial charge on any atom is -0.479 e. The predicted molar refractivity (Wildman–Crippen MR) is 259 cm³/mol. The Morgan fingerprint density at radius 1 is 0.929 bits per heavy atom. The molecule has 1 heterocycles. The Balaban J connectivity index is 0.000000970. The number of aliphatic carboxylic acids is 1. The number of Topliss-reactive ketones (excluding diaryl/α,β-unsaturated/α-hetero) is 1. The van der Waals surface area contributed by atoms with Crippen LogP contribution in [-0.4, -0.2) is 127 Å². The number of carboxylic acid groups (broad SMARTS) is 1. The molecule has 1 amide bonds. The van der Waals surface area contributed by atoms with Crippen LogP contribution in [0.15, 0.2) is 65.8 Å². The van der Waals surface area contributed by atoms with Gasteiger partial charge < -0.3 is 54.5 Å². The molecule has 1 aromatic carbocycles. The maximum atomic E-state index is 15.0. The first-order valence-electron chi connectivity index (χ1n) is 24.2. The van der Waals surface area contributed by atoms with E-state index in [4.69, 9.17) is 33.9 Å². The highest BCUT2D eigenvalue weighted by atomic mass is 16.6. The summed E-state index contributed by atoms with van der Waals surface area (Å²) in [7, 11) is 0. The Morgan fingerprint density at radius 3 is 1.97 bits per heavy atom. The summed E-state index contributed by atoms with van der Waals surface area (Å²) in [6.45, 7) is 25.6. The minimum absolute atomic E-state index is 0.0293. The van der Waals surface area contributed by atoms with Gasteiger partial charge in [0.05, 0.1) is 41.6 Å². The fraction of sp³-hybridized carbons (Fsp3) is 0.660. The number of benzene rings is 1. The number of rotatable bonds is 9. The summed E-state index contributed by atoms with van der Waals surface area (Å²) in [5, 5.41) is 56.2. The van der Waals surface area contributed by atoms with E-state index in [2.05, 4.69) is 26.1 Å². The smallest absolute Gasteiger partial charge is 0.407 e. The lowest BCUT2D eigenvalue weighted by molar-refractivity contribution is -0.346. The molecule has 1 aliphatic heterocycles. The SMILES string of the molecule is CC.CC(=O)O[C@@]12COC1C[C@H](O)[C@@]1(C)C(=O)C(O)C3=C(C)[C@@H](OC(=O)[C@H](C)[C@@H](NC(=O)OC(C)(C)C)C4C=CC=CC4)CC(O)([C@@H](OC(=O)c4ccccc4)C21)C3(C)C.CC(C)C.CC(O)C(=O)O. The number of alkyl carbamates (subject to hydrolysis) is 1. The molecule has 2 saturated carbocycles. The molecule has 17 heteroatoms. The lowest BCUT2D eigenvalue weighted by atomic mass is 9.44. The summed E-state index contributed by atoms with van der Waals surface area (Å²) in [4.78, 5) is 78.9. The third-order valence-corrected chi connectivity index (χ3v) is 13.6. The van der Waals surface area contributed by atoms with Crippen molar-refractivity contribution < 1.29 is 78.0 Å². The van der Waals surface area contributed by atoms with Gasteiger partial charge in [-0.1, -0.05) is 91.0 Å². The highest BCUT2D eigenvalue weighted by Crippen LogP contribution is 2.64. The maximum Gasteiger partial charge on any atom is 0.407 e. The molecule has 392 valence electrons. The summed E-state index contributed by atoms with van der Waals surface area (Å²) in [6.07, 6.45) is -1.92. The van der Waals surface area contributed by atoms with Crippen LogP contribution in [0.4, 0.5) is 4.79 Å². The molecule has 13 atom stereocenters. The molecular weight excluding hydrogens is 907 g/mol. The van der Waals surface area contributed by atoms with E-state index in [9.17, 15) is 44.1 Å². The minimum atomic E-state index is -2.26. The Kier molecular flexibility index (Phi) is 20.0. The number of amides is 1. The second-order valence-electron chi connectivity index (χ2n) is 21.0. The summed E-state index contributed by atoms with van der Waals surface area (Å²) in [6, 6.07) is 7.21. The van der Waals surface area contributed by atoms with E-state index in [1.54, 1.807) is 66.7 Å². The second kappa shape index (κ2) is 23.5. The van der Waals surface area contributed by atoms with Gasteiger partial charge in [0, 0.05) is 31.1 Å². The standard InChI is InChI=1S/C44H57NO13.C4H10.C3H6O3.C2H6/c1-23-28(55-37(50)24(2)32(26-16-12-10-13-17-26)45-39(52)58-40(4,5)6)21-44(53)36(56-38(51)27-18-14-11-15-19-27)34-42(9,35(49)33(48)31(23)41(44,7)8)29(47)20-30-43(34,22-54-30)57-25(3)46;1-4(2)3;1-2(4)3(5)6;1-2/h10-16,18-19,24,26,28-30,32-34,36,47-48,53H,17,20-22H2,1-9H3,(H,45,52);4H,1-3H3;2,4H,1H3,(H,5,6);1-2H3/t24-,26?,28+,29+,30?,32-,33?,34?,36+,42-,43+,44?;;;/m1.../s1. The lowest BCUT2D eigenvalue weighted by Gasteiger charge is -2.67. The fourth-order valence-electron chi connectivity index (χ4n) is 10.1. The number of carbonyl (C=O) groups excluding carboxylic acids is 5. The van der Waals surface area contributed by atoms with E-state index >= 15 is 0 Å². The first kappa shape index (κ1) is 59.4. The number of hydrogen-bond donors (Lipinski definition) is 6. The Hall–Kier alpha value is -4.94. The van der Waals surface area contributed by atoms with Crippen molar-refractivity contribution in [3.8, 4) is 0 Å². The van der Waals surface area contributed by atoms with Gasteiger partial charge >= 0.3 is 30.0 Å². The number of fused-ring (bicyclic) bond motifs is 5. The quantitative estimate of drug-likeness (QED) is 0.0884. The molecular formula is C53H79NO16. The zero-order chi connectivity index (χ0) is 53.5. The summed E-state index contributed by atoms with van der Waals surface area (Å²) < 4.78 is 30.1. The number of nitrogens with one attached hydrogen (secondary N) is 1. The number of ketones is 1. The van der Waals surface area contributed by atoms with Gasteiger partial charge in [-0.3, -0.25) is 14.4 Å². The van der Waals surface area contributed by atoms with E-state index in [0.717, 1.165) is 5.92 Å². The molecule has 1 aromatic rings. The molecule has 0 aromatic heterocycles. The highest BCUT2D eigenvalue weighted by molar-refractivity contribution is 5.94. The number of hydrogen-bond acceptors (Lipinski definition) is 15. The third kappa shape index (κ3) is 12.6. The van der Waals surface area contributed by atoms with E-state index in [-0.39, 0.29) is 35.7 Å². The van der Waals surface area contributed by atoms with Gasteiger partial charge in [-0.05, 0) is 84.1 Å². The first-order chi connectivity index (χ1) is 32.4. The normalized spacial score (nSPS) is 31.7. The van der Waals surface area contributed by atoms with Crippen LogP contribution in [0, 0.1) is 34.5 Å². The van der Waals surface area contributed by atoms with Crippen molar-refractivity contribution in [3.05, 3.63) is 71.3 Å². The molecule has 6 unspecified atom stereocenters. The fourth-order valence-corrected chi connectivity index (χ4v) is 10.1. The third-order valence-electron chi connectivity index (χ3n) is 13.6. The predicted octanol–water partition coefficient (Wildman–Crippen LogP) is 6.43. The number of aliphatic hydroxyl groups excluding tert-OH is 3. The maximum absolute atomic E-state index is 15.0. The Morgan fingerprint density at radius 2 is 1.50 bits per heavy atom. The highest BCUT2D eigenvalue weighted by Gasteiger charge is 2.78. The van der Waals surface area contributed by atoms with Gasteiger partial charge in [0.2, 0.25) is 0 Å². The van der Waals surface area contributed by atoms with E-state index in [1.807, 2.05) is 38.2 Å². The van der Waals surface area contributed by atoms with Crippen molar-refractivity contribution in [1.82, 2.24) is 5.32 Å². The van der Waals surface area contributed by atoms with Crippen LogP contribution in [0.2, 0.25) is 0 Å². The number of carbonyl (C=O) groups is 6. The lowest BCUT2D eigenvalue weighted by Crippen LogP contribution is -2.81. The van der Waals surface area contributed by atoms with E-state index < -0.39 is 124 Å². The molecule has 5 aliphatic rings. The average molecular weight is 986 g/mol. The van der Waals surface area contributed by atoms with Gasteiger partial charge in [0.25, 0.3) is 0 Å². The molecule has 2 bridgehead atoms. The largest absolute Gasteiger partial charge is 0.479 e. The molecule has 17 nitrogen and oxygen atoms in total. The van der Waals surface area contributed by atoms with Crippen molar-refractivity contribution in [2.45, 2.75) is 183 Å². The number of aliphatic hydroxyl groups is 4. The van der Waals surface area contributed by atoms with Gasteiger partial charge in [-0.15, -0.1) is 0 Å². The van der Waals surface area contributed by atoms with Crippen molar-refractivity contribution >= 4 is 35.8 Å². The van der Waals surface area contributed by atoms with Crippen LogP contribution in [0.3, 0.4) is 0 Å². The molecule has 1 saturated heterocycles. The van der Waals surface area contributed by atoms with Crippen LogP contribution in [-0.2, 0) is 42.9 Å². The van der Waals surface area contributed by atoms with Crippen LogP contribution in [0.5, 0.6) is 0 Å². The van der Waals surface area contributed by atoms with Crippen molar-refractivity contribution in [2.24, 2.45) is 34.5 Å². The topological polar surface area (TPSA) is 262 Å². The zero-order valence-electron chi connectivity index (χ0n) is 43.6. The molecule has 6 rings (SSSR count). The molecule has 3 fully saturated rings.